The number of carbonyl (C=O) groups excluding carboxylic acids is 1. The quantitative estimate of drug-likeness (QED) is 0.909. The van der Waals surface area contributed by atoms with Crippen molar-refractivity contribution in [3.63, 3.8) is 0 Å². The van der Waals surface area contributed by atoms with Crippen LogP contribution in [0.4, 0.5) is 0 Å². The van der Waals surface area contributed by atoms with E-state index in [0.29, 0.717) is 17.1 Å². The molecule has 1 aliphatic carbocycles. The lowest BCUT2D eigenvalue weighted by Gasteiger charge is -2.16. The van der Waals surface area contributed by atoms with Crippen LogP contribution in [0.1, 0.15) is 28.8 Å². The summed E-state index contributed by atoms with van der Waals surface area (Å²) in [7, 11) is 0. The molecule has 0 radical (unpaired) electrons. The summed E-state index contributed by atoms with van der Waals surface area (Å²) in [6.45, 7) is 0.683. The molecule has 0 heterocycles. The molecule has 1 amide bonds. The lowest BCUT2D eigenvalue weighted by atomic mass is 9.96. The second kappa shape index (κ2) is 5.29. The van der Waals surface area contributed by atoms with E-state index in [4.69, 9.17) is 11.6 Å². The summed E-state index contributed by atoms with van der Waals surface area (Å²) in [6, 6.07) is 17.4. The monoisotopic (exact) mass is 285 g/mol. The van der Waals surface area contributed by atoms with Crippen molar-refractivity contribution in [2.45, 2.75) is 18.3 Å². The molecule has 20 heavy (non-hydrogen) atoms. The van der Waals surface area contributed by atoms with Gasteiger partial charge >= 0.3 is 0 Å². The maximum absolute atomic E-state index is 12.1. The van der Waals surface area contributed by atoms with E-state index in [-0.39, 0.29) is 11.3 Å². The smallest absolute Gasteiger partial charge is 0.251 e. The van der Waals surface area contributed by atoms with Gasteiger partial charge < -0.3 is 5.32 Å². The summed E-state index contributed by atoms with van der Waals surface area (Å²) in [4.78, 5) is 12.1. The predicted octanol–water partition coefficient (Wildman–Crippen LogP) is 3.80. The van der Waals surface area contributed by atoms with Gasteiger partial charge in [0.2, 0.25) is 0 Å². The van der Waals surface area contributed by atoms with Gasteiger partial charge in [0.1, 0.15) is 0 Å². The Morgan fingerprint density at radius 2 is 1.85 bits per heavy atom. The highest BCUT2D eigenvalue weighted by Gasteiger charge is 2.44. The highest BCUT2D eigenvalue weighted by atomic mass is 35.5. The molecule has 1 N–H and O–H groups in total. The van der Waals surface area contributed by atoms with Crippen LogP contribution in [0.15, 0.2) is 54.6 Å². The molecule has 2 aromatic rings. The Morgan fingerprint density at radius 1 is 1.10 bits per heavy atom. The zero-order valence-corrected chi connectivity index (χ0v) is 11.9. The van der Waals surface area contributed by atoms with Gasteiger partial charge in [-0.05, 0) is 36.6 Å². The number of nitrogens with one attached hydrogen (secondary N) is 1. The van der Waals surface area contributed by atoms with Crippen LogP contribution < -0.4 is 5.32 Å². The molecule has 1 saturated carbocycles. The number of amides is 1. The maximum Gasteiger partial charge on any atom is 0.251 e. The van der Waals surface area contributed by atoms with E-state index in [9.17, 15) is 4.79 Å². The summed E-state index contributed by atoms with van der Waals surface area (Å²) >= 11 is 5.91. The third kappa shape index (κ3) is 2.70. The van der Waals surface area contributed by atoms with Crippen LogP contribution in [0.3, 0.4) is 0 Å². The molecule has 0 saturated heterocycles. The maximum atomic E-state index is 12.1. The summed E-state index contributed by atoms with van der Waals surface area (Å²) < 4.78 is 0. The summed E-state index contributed by atoms with van der Waals surface area (Å²) in [5, 5.41) is 3.61. The molecule has 1 fully saturated rings. The standard InChI is InChI=1S/C17H16ClNO/c18-15-8-4-5-13(11-15)16(20)19-12-17(9-10-17)14-6-2-1-3-7-14/h1-8,11H,9-10,12H2,(H,19,20). The van der Waals surface area contributed by atoms with Gasteiger partial charge in [0.15, 0.2) is 0 Å². The summed E-state index contributed by atoms with van der Waals surface area (Å²) in [6.07, 6.45) is 2.26. The molecule has 0 spiro atoms. The zero-order valence-electron chi connectivity index (χ0n) is 11.1. The van der Waals surface area contributed by atoms with Crippen molar-refractivity contribution in [2.75, 3.05) is 6.54 Å². The first-order valence-corrected chi connectivity index (χ1v) is 7.17. The highest BCUT2D eigenvalue weighted by Crippen LogP contribution is 2.47. The second-order valence-corrected chi connectivity index (χ2v) is 5.78. The van der Waals surface area contributed by atoms with Gasteiger partial charge in [0, 0.05) is 22.5 Å². The number of carbonyl (C=O) groups is 1. The summed E-state index contributed by atoms with van der Waals surface area (Å²) in [5.41, 5.74) is 2.06. The van der Waals surface area contributed by atoms with Gasteiger partial charge in [-0.25, -0.2) is 0 Å². The lowest BCUT2D eigenvalue weighted by molar-refractivity contribution is 0.0949. The molecule has 1 aliphatic rings. The van der Waals surface area contributed by atoms with E-state index in [1.165, 1.54) is 5.56 Å². The van der Waals surface area contributed by atoms with Crippen molar-refractivity contribution in [1.82, 2.24) is 5.32 Å². The largest absolute Gasteiger partial charge is 0.351 e. The van der Waals surface area contributed by atoms with Crippen LogP contribution >= 0.6 is 11.6 Å². The first-order valence-electron chi connectivity index (χ1n) is 6.79. The van der Waals surface area contributed by atoms with Gasteiger partial charge in [-0.3, -0.25) is 4.79 Å². The molecular weight excluding hydrogens is 270 g/mol. The van der Waals surface area contributed by atoms with Crippen molar-refractivity contribution in [2.24, 2.45) is 0 Å². The van der Waals surface area contributed by atoms with E-state index in [0.717, 1.165) is 12.8 Å². The molecule has 102 valence electrons. The Labute approximate surface area is 123 Å². The third-order valence-electron chi connectivity index (χ3n) is 3.91. The van der Waals surface area contributed by atoms with Crippen LogP contribution in [-0.4, -0.2) is 12.5 Å². The lowest BCUT2D eigenvalue weighted by Crippen LogP contribution is -2.32. The van der Waals surface area contributed by atoms with Crippen LogP contribution in [0, 0.1) is 0 Å². The molecule has 0 aliphatic heterocycles. The highest BCUT2D eigenvalue weighted by molar-refractivity contribution is 6.30. The summed E-state index contributed by atoms with van der Waals surface area (Å²) in [5.74, 6) is -0.0605. The Kier molecular flexibility index (Phi) is 3.49. The molecule has 2 nitrogen and oxygen atoms in total. The topological polar surface area (TPSA) is 29.1 Å². The first-order chi connectivity index (χ1) is 9.70. The van der Waals surface area contributed by atoms with Gasteiger partial charge in [0.05, 0.1) is 0 Å². The second-order valence-electron chi connectivity index (χ2n) is 5.34. The molecule has 3 rings (SSSR count). The van der Waals surface area contributed by atoms with Crippen LogP contribution in [0.5, 0.6) is 0 Å². The molecule has 0 atom stereocenters. The van der Waals surface area contributed by atoms with E-state index >= 15 is 0 Å². The fourth-order valence-corrected chi connectivity index (χ4v) is 2.68. The van der Waals surface area contributed by atoms with Crippen molar-refractivity contribution in [1.29, 1.82) is 0 Å². The SMILES string of the molecule is O=C(NCC1(c2ccccc2)CC1)c1cccc(Cl)c1. The van der Waals surface area contributed by atoms with Crippen molar-refractivity contribution >= 4 is 17.5 Å². The first kappa shape index (κ1) is 13.2. The Morgan fingerprint density at radius 3 is 2.50 bits per heavy atom. The van der Waals surface area contributed by atoms with Crippen molar-refractivity contribution < 1.29 is 4.79 Å². The van der Waals surface area contributed by atoms with E-state index < -0.39 is 0 Å². The minimum absolute atomic E-state index is 0.0605. The van der Waals surface area contributed by atoms with Crippen molar-refractivity contribution in [3.05, 3.63) is 70.7 Å². The third-order valence-corrected chi connectivity index (χ3v) is 4.15. The normalized spacial score (nSPS) is 15.7. The fraction of sp³-hybridized carbons (Fsp3) is 0.235. The molecule has 2 aromatic carbocycles. The molecule has 3 heteroatoms. The number of hydrogen-bond acceptors (Lipinski definition) is 1. The fourth-order valence-electron chi connectivity index (χ4n) is 2.49. The molecule has 0 aromatic heterocycles. The average molecular weight is 286 g/mol. The van der Waals surface area contributed by atoms with Crippen LogP contribution in [-0.2, 0) is 5.41 Å². The van der Waals surface area contributed by atoms with Gasteiger partial charge in [-0.1, -0.05) is 48.0 Å². The minimum Gasteiger partial charge on any atom is -0.351 e. The van der Waals surface area contributed by atoms with Crippen LogP contribution in [0.2, 0.25) is 5.02 Å². The van der Waals surface area contributed by atoms with E-state index in [2.05, 4.69) is 17.4 Å². The van der Waals surface area contributed by atoms with Crippen molar-refractivity contribution in [3.8, 4) is 0 Å². The number of benzene rings is 2. The molecule has 0 unspecified atom stereocenters. The number of hydrogen-bond donors (Lipinski definition) is 1. The van der Waals surface area contributed by atoms with Gasteiger partial charge in [-0.2, -0.15) is 0 Å². The zero-order chi connectivity index (χ0) is 14.0. The molecular formula is C17H16ClNO. The Bertz CT molecular complexity index is 620. The Balaban J connectivity index is 1.67. The minimum atomic E-state index is -0.0605. The van der Waals surface area contributed by atoms with E-state index in [1.54, 1.807) is 24.3 Å². The predicted molar refractivity (Wildman–Crippen MR) is 81.1 cm³/mol. The van der Waals surface area contributed by atoms with Gasteiger partial charge in [0.25, 0.3) is 5.91 Å². The number of rotatable bonds is 4. The van der Waals surface area contributed by atoms with E-state index in [1.807, 2.05) is 18.2 Å². The van der Waals surface area contributed by atoms with Gasteiger partial charge in [-0.15, -0.1) is 0 Å². The average Bonchev–Trinajstić information content (AvgIpc) is 3.27. The molecule has 0 bridgehead atoms. The Hall–Kier alpha value is -1.80. The number of halogens is 1. The van der Waals surface area contributed by atoms with Crippen LogP contribution in [0.25, 0.3) is 0 Å².